The van der Waals surface area contributed by atoms with Crippen LogP contribution in [0.15, 0.2) is 35.4 Å². The van der Waals surface area contributed by atoms with E-state index in [-0.39, 0.29) is 34.1 Å². The van der Waals surface area contributed by atoms with Crippen molar-refractivity contribution in [1.29, 1.82) is 0 Å². The van der Waals surface area contributed by atoms with E-state index in [0.717, 1.165) is 10.9 Å². The van der Waals surface area contributed by atoms with Crippen molar-refractivity contribution in [2.75, 3.05) is 17.4 Å². The third kappa shape index (κ3) is 6.86. The summed E-state index contributed by atoms with van der Waals surface area (Å²) in [7, 11) is -14.1. The molecule has 3 heterocycles. The van der Waals surface area contributed by atoms with Gasteiger partial charge in [-0.2, -0.15) is 14.4 Å². The molecule has 3 aromatic rings. The monoisotopic (exact) mass is 623 g/mol. The number of hydrogen-bond donors (Lipinski definition) is 7. The molecular formula is C18H22N6O13P3+. The van der Waals surface area contributed by atoms with Crippen LogP contribution in [0.3, 0.4) is 0 Å². The molecule has 1 aromatic carbocycles. The Morgan fingerprint density at radius 2 is 2.00 bits per heavy atom. The number of nitrogens with two attached hydrogens (primary N) is 1. The third-order valence-electron chi connectivity index (χ3n) is 5.34. The number of rotatable bonds is 11. The minimum absolute atomic E-state index is 0.0749. The number of aliphatic hydroxyl groups excluding tert-OH is 2. The van der Waals surface area contributed by atoms with Crippen LogP contribution < -0.4 is 16.4 Å². The van der Waals surface area contributed by atoms with E-state index in [4.69, 9.17) is 10.5 Å². The number of Topliss-reactive ketones (excluding diaryl/α,β-unsaturated/α-hetero) is 1. The number of carbonyl (C=O) groups excluding carboxylic acids is 1. The van der Waals surface area contributed by atoms with E-state index < -0.39 is 60.5 Å². The second kappa shape index (κ2) is 11.5. The molecule has 2 aromatic heterocycles. The van der Waals surface area contributed by atoms with Gasteiger partial charge >= 0.3 is 23.8 Å². The molecule has 4 rings (SSSR count). The minimum Gasteiger partial charge on any atom is -0.387 e. The fourth-order valence-electron chi connectivity index (χ4n) is 3.59. The minimum atomic E-state index is -5.48. The molecule has 0 radical (unpaired) electrons. The fraction of sp³-hybridized carbons (Fsp3) is 0.333. The number of aliphatic hydroxyl groups is 2. The van der Waals surface area contributed by atoms with Gasteiger partial charge < -0.3 is 25.6 Å². The fourth-order valence-corrected chi connectivity index (χ4v) is 6.81. The molecule has 1 saturated heterocycles. The maximum absolute atomic E-state index is 12.3. The first-order chi connectivity index (χ1) is 18.7. The second-order valence-corrected chi connectivity index (χ2v) is 12.4. The molecule has 8 N–H and O–H groups in total. The standard InChI is InChI=1S/C18H21N6O13P3/c1-8(25)9-3-2-4-10(5-9)23-38(29)36-40(32,33)37-39(30,31)34-6-11-13(26)14(27)17(35-11)24-7-20-12-15(24)21-18(19)22-16(12)28/h2-5,7,11,13-14,17,26-27H,6H2,1H3,(H5-,19,21,22,23,28,29,30,31,32,33)/p+1/t11-,13-,14-,17-/m1/s1. The number of phosphoric acid groups is 2. The molecule has 0 bridgehead atoms. The number of imidazole rings is 1. The maximum atomic E-state index is 12.3. The zero-order valence-electron chi connectivity index (χ0n) is 20.1. The second-order valence-electron chi connectivity index (χ2n) is 8.22. The topological polar surface area (TPSA) is 288 Å². The Morgan fingerprint density at radius 1 is 1.27 bits per heavy atom. The normalized spacial score (nSPS) is 24.4. The number of fused-ring (bicyclic) bond motifs is 1. The first-order valence-corrected chi connectivity index (χ1v) is 15.1. The summed E-state index contributed by atoms with van der Waals surface area (Å²) in [6.07, 6.45) is -5.20. The molecule has 40 heavy (non-hydrogen) atoms. The smallest absolute Gasteiger partial charge is 0.387 e. The average Bonchev–Trinajstić information content (AvgIpc) is 3.37. The number of ketones is 1. The van der Waals surface area contributed by atoms with Crippen LogP contribution in [0.25, 0.3) is 11.2 Å². The Morgan fingerprint density at radius 3 is 2.70 bits per heavy atom. The highest BCUT2D eigenvalue weighted by molar-refractivity contribution is 7.65. The zero-order valence-corrected chi connectivity index (χ0v) is 22.8. The first-order valence-electron chi connectivity index (χ1n) is 11.0. The van der Waals surface area contributed by atoms with Gasteiger partial charge in [-0.1, -0.05) is 12.1 Å². The summed E-state index contributed by atoms with van der Waals surface area (Å²) in [5.74, 6) is -0.567. The quantitative estimate of drug-likeness (QED) is 0.113. The number of aromatic nitrogens is 4. The summed E-state index contributed by atoms with van der Waals surface area (Å²) >= 11 is 0. The van der Waals surface area contributed by atoms with Crippen molar-refractivity contribution < 1.29 is 56.4 Å². The number of nitrogens with one attached hydrogen (secondary N) is 2. The lowest BCUT2D eigenvalue weighted by atomic mass is 10.1. The molecule has 216 valence electrons. The number of nitrogens with zero attached hydrogens (tertiary/aromatic N) is 3. The number of carbonyl (C=O) groups is 1. The van der Waals surface area contributed by atoms with Crippen molar-refractivity contribution in [3.8, 4) is 0 Å². The average molecular weight is 623 g/mol. The Kier molecular flexibility index (Phi) is 8.65. The number of nitrogen functional groups attached to an aromatic ring is 1. The highest BCUT2D eigenvalue weighted by Gasteiger charge is 2.47. The van der Waals surface area contributed by atoms with Crippen molar-refractivity contribution in [3.05, 3.63) is 46.5 Å². The lowest BCUT2D eigenvalue weighted by Crippen LogP contribution is -2.33. The Labute approximate surface area is 224 Å². The molecule has 0 spiro atoms. The Hall–Kier alpha value is -2.92. The van der Waals surface area contributed by atoms with Crippen LogP contribution in [0.1, 0.15) is 23.5 Å². The van der Waals surface area contributed by atoms with Gasteiger partial charge in [0.1, 0.15) is 18.3 Å². The SMILES string of the molecule is CC(=O)c1cccc(N[P+](=O)OP(=O)(O)OP(=O)(O)OC[C@H]2O[C@@H](n3cnc4c(=O)[nH]c(N)nc43)[C@H](O)[C@@H]2O)c1. The Balaban J connectivity index is 1.36. The number of aromatic amines is 1. The summed E-state index contributed by atoms with van der Waals surface area (Å²) in [5, 5.41) is 23.0. The highest BCUT2D eigenvalue weighted by atomic mass is 31.3. The van der Waals surface area contributed by atoms with Crippen LogP contribution in [0, 0.1) is 0 Å². The number of phosphoric ester groups is 1. The van der Waals surface area contributed by atoms with E-state index in [0.29, 0.717) is 0 Å². The summed E-state index contributed by atoms with van der Waals surface area (Å²) in [6.45, 7) is 0.337. The van der Waals surface area contributed by atoms with Gasteiger partial charge in [0.15, 0.2) is 23.2 Å². The van der Waals surface area contributed by atoms with Gasteiger partial charge in [0.05, 0.1) is 18.6 Å². The van der Waals surface area contributed by atoms with E-state index >= 15 is 0 Å². The largest absolute Gasteiger partial charge is 0.654 e. The van der Waals surface area contributed by atoms with Crippen LogP contribution in [0.2, 0.25) is 0 Å². The molecule has 7 atom stereocenters. The molecule has 3 unspecified atom stereocenters. The lowest BCUT2D eigenvalue weighted by Gasteiger charge is -2.17. The molecule has 1 fully saturated rings. The molecule has 1 aliphatic heterocycles. The highest BCUT2D eigenvalue weighted by Crippen LogP contribution is 2.63. The molecular weight excluding hydrogens is 601 g/mol. The summed E-state index contributed by atoms with van der Waals surface area (Å²) in [4.78, 5) is 53.1. The summed E-state index contributed by atoms with van der Waals surface area (Å²) in [5.41, 5.74) is 4.93. The predicted octanol–water partition coefficient (Wildman–Crippen LogP) is 0.544. The molecule has 0 amide bonds. The number of benzene rings is 1. The van der Waals surface area contributed by atoms with Gasteiger partial charge in [-0.05, 0) is 27.9 Å². The molecule has 19 nitrogen and oxygen atoms in total. The van der Waals surface area contributed by atoms with E-state index in [9.17, 15) is 43.3 Å². The molecule has 1 aliphatic rings. The van der Waals surface area contributed by atoms with Gasteiger partial charge in [-0.25, -0.2) is 14.1 Å². The first kappa shape index (κ1) is 30.0. The van der Waals surface area contributed by atoms with Gasteiger partial charge in [0.2, 0.25) is 5.95 Å². The lowest BCUT2D eigenvalue weighted by molar-refractivity contribution is -0.0503. The number of anilines is 2. The number of hydrogen-bond acceptors (Lipinski definition) is 14. The van der Waals surface area contributed by atoms with E-state index in [1.165, 1.54) is 31.2 Å². The van der Waals surface area contributed by atoms with Crippen LogP contribution in [0.4, 0.5) is 11.6 Å². The van der Waals surface area contributed by atoms with Crippen LogP contribution in [-0.4, -0.2) is 70.2 Å². The predicted molar refractivity (Wildman–Crippen MR) is 134 cm³/mol. The molecule has 0 aliphatic carbocycles. The van der Waals surface area contributed by atoms with Gasteiger partial charge in [-0.15, -0.1) is 0 Å². The van der Waals surface area contributed by atoms with Gasteiger partial charge in [0.25, 0.3) is 5.56 Å². The van der Waals surface area contributed by atoms with Gasteiger partial charge in [-0.3, -0.25) is 28.6 Å². The molecule has 0 saturated carbocycles. The summed E-state index contributed by atoms with van der Waals surface area (Å²) < 4.78 is 56.2. The van der Waals surface area contributed by atoms with Crippen molar-refractivity contribution in [2.24, 2.45) is 0 Å². The number of H-pyrrole nitrogens is 1. The molecule has 22 heteroatoms. The van der Waals surface area contributed by atoms with Crippen molar-refractivity contribution in [2.45, 2.75) is 31.5 Å². The van der Waals surface area contributed by atoms with Crippen molar-refractivity contribution in [3.63, 3.8) is 0 Å². The maximum Gasteiger partial charge on any atom is 0.654 e. The van der Waals surface area contributed by atoms with Crippen LogP contribution >= 0.6 is 23.8 Å². The summed E-state index contributed by atoms with van der Waals surface area (Å²) in [6, 6.07) is 5.57. The third-order valence-corrected chi connectivity index (χ3v) is 9.32. The van der Waals surface area contributed by atoms with E-state index in [2.05, 4.69) is 33.2 Å². The van der Waals surface area contributed by atoms with Crippen LogP contribution in [0.5, 0.6) is 0 Å². The zero-order chi connectivity index (χ0) is 29.4. The van der Waals surface area contributed by atoms with Gasteiger partial charge in [0, 0.05) is 5.56 Å². The van der Waals surface area contributed by atoms with Crippen LogP contribution in [-0.2, 0) is 31.6 Å². The van der Waals surface area contributed by atoms with Crippen molar-refractivity contribution >= 4 is 52.4 Å². The van der Waals surface area contributed by atoms with Crippen molar-refractivity contribution in [1.82, 2.24) is 19.5 Å². The Bertz CT molecular complexity index is 1610. The van der Waals surface area contributed by atoms with E-state index in [1.54, 1.807) is 0 Å². The number of ether oxygens (including phenoxy) is 1. The van der Waals surface area contributed by atoms with E-state index in [1.807, 2.05) is 0 Å².